The number of aryl methyl sites for hydroxylation is 2. The summed E-state index contributed by atoms with van der Waals surface area (Å²) in [6.45, 7) is 12.8. The number of amides is 1. The van der Waals surface area contributed by atoms with Crippen molar-refractivity contribution in [1.29, 1.82) is 0 Å². The van der Waals surface area contributed by atoms with Crippen LogP contribution in [0.4, 0.5) is 0 Å². The molecule has 0 unspecified atom stereocenters. The highest BCUT2D eigenvalue weighted by atomic mass is 32.2. The summed E-state index contributed by atoms with van der Waals surface area (Å²) in [6.07, 6.45) is 6.80. The van der Waals surface area contributed by atoms with E-state index in [0.29, 0.717) is 43.7 Å². The van der Waals surface area contributed by atoms with Gasteiger partial charge in [0.25, 0.3) is 5.91 Å². The summed E-state index contributed by atoms with van der Waals surface area (Å²) in [4.78, 5) is 28.5. The van der Waals surface area contributed by atoms with Crippen LogP contribution in [-0.2, 0) is 10.0 Å². The number of hydrogen-bond donors (Lipinski definition) is 1. The van der Waals surface area contributed by atoms with Crippen LogP contribution < -0.4 is 0 Å². The molecule has 3 aliphatic heterocycles. The number of hydrogen-bond acceptors (Lipinski definition) is 8. The van der Waals surface area contributed by atoms with Crippen LogP contribution in [0.5, 0.6) is 0 Å². The first kappa shape index (κ1) is 27.3. The van der Waals surface area contributed by atoms with E-state index in [-0.39, 0.29) is 16.0 Å². The summed E-state index contributed by atoms with van der Waals surface area (Å²) < 4.78 is 26.8. The van der Waals surface area contributed by atoms with Gasteiger partial charge in [-0.1, -0.05) is 0 Å². The fraction of sp³-hybridized carbons (Fsp3) is 0.808. The van der Waals surface area contributed by atoms with Crippen molar-refractivity contribution < 1.29 is 13.2 Å². The molecular weight excluding hydrogens is 508 g/mol. The van der Waals surface area contributed by atoms with Crippen molar-refractivity contribution in [2.24, 2.45) is 5.92 Å². The average Bonchev–Trinajstić information content (AvgIpc) is 3.72. The Labute approximate surface area is 227 Å². The van der Waals surface area contributed by atoms with Gasteiger partial charge in [-0.3, -0.25) is 14.6 Å². The molecule has 1 aromatic rings. The lowest BCUT2D eigenvalue weighted by Gasteiger charge is -2.51. The molecule has 4 fully saturated rings. The molecule has 11 heteroatoms. The molecule has 37 heavy (non-hydrogen) atoms. The van der Waals surface area contributed by atoms with Crippen LogP contribution >= 0.6 is 12.6 Å². The van der Waals surface area contributed by atoms with Crippen molar-refractivity contribution in [3.05, 3.63) is 23.3 Å². The van der Waals surface area contributed by atoms with E-state index in [1.54, 1.807) is 4.31 Å². The van der Waals surface area contributed by atoms with E-state index in [9.17, 15) is 13.2 Å². The van der Waals surface area contributed by atoms with Crippen molar-refractivity contribution in [2.45, 2.75) is 75.5 Å². The predicted octanol–water partition coefficient (Wildman–Crippen LogP) is 2.17. The first-order valence-corrected chi connectivity index (χ1v) is 15.8. The second-order valence-corrected chi connectivity index (χ2v) is 14.6. The summed E-state index contributed by atoms with van der Waals surface area (Å²) in [5, 5.41) is -0.101. The molecule has 4 heterocycles. The fourth-order valence-corrected chi connectivity index (χ4v) is 8.60. The highest BCUT2D eigenvalue weighted by Gasteiger charge is 2.43. The van der Waals surface area contributed by atoms with Crippen molar-refractivity contribution >= 4 is 28.6 Å². The van der Waals surface area contributed by atoms with Gasteiger partial charge in [0.1, 0.15) is 6.33 Å². The van der Waals surface area contributed by atoms with E-state index in [1.165, 1.54) is 6.33 Å². The summed E-state index contributed by atoms with van der Waals surface area (Å²) in [6, 6.07) is 0.428. The van der Waals surface area contributed by atoms with Crippen LogP contribution in [0.2, 0.25) is 0 Å². The second-order valence-electron chi connectivity index (χ2n) is 11.6. The van der Waals surface area contributed by atoms with Gasteiger partial charge >= 0.3 is 0 Å². The summed E-state index contributed by atoms with van der Waals surface area (Å²) in [5.74, 6) is 0.591. The van der Waals surface area contributed by atoms with Crippen molar-refractivity contribution in [3.8, 4) is 0 Å². The summed E-state index contributed by atoms with van der Waals surface area (Å²) in [5.41, 5.74) is 2.10. The Bertz CT molecular complexity index is 1080. The smallest absolute Gasteiger partial charge is 0.257 e. The average molecular weight is 551 g/mol. The molecule has 1 amide bonds. The van der Waals surface area contributed by atoms with E-state index < -0.39 is 10.0 Å². The zero-order chi connectivity index (χ0) is 26.4. The Hall–Kier alpha value is -1.27. The van der Waals surface area contributed by atoms with Gasteiger partial charge in [0, 0.05) is 58.4 Å². The number of aromatic nitrogens is 2. The molecule has 1 aliphatic carbocycles. The van der Waals surface area contributed by atoms with Gasteiger partial charge in [-0.15, -0.1) is 0 Å². The Morgan fingerprint density at radius 2 is 1.62 bits per heavy atom. The van der Waals surface area contributed by atoms with Crippen molar-refractivity contribution in [1.82, 2.24) is 29.0 Å². The van der Waals surface area contributed by atoms with Crippen LogP contribution in [0.3, 0.4) is 0 Å². The van der Waals surface area contributed by atoms with Crippen LogP contribution in [0.1, 0.15) is 67.2 Å². The van der Waals surface area contributed by atoms with Gasteiger partial charge < -0.3 is 4.90 Å². The minimum Gasteiger partial charge on any atom is -0.338 e. The third-order valence-corrected chi connectivity index (χ3v) is 12.1. The maximum atomic E-state index is 13.2. The molecule has 3 saturated heterocycles. The summed E-state index contributed by atoms with van der Waals surface area (Å²) >= 11 is 5.17. The molecule has 4 aliphatic rings. The Morgan fingerprint density at radius 3 is 2.19 bits per heavy atom. The molecule has 0 aromatic carbocycles. The zero-order valence-corrected chi connectivity index (χ0v) is 24.2. The third kappa shape index (κ3) is 5.71. The lowest BCUT2D eigenvalue weighted by molar-refractivity contribution is 0.00862. The number of carbonyl (C=O) groups excluding carboxylic acids is 1. The summed E-state index contributed by atoms with van der Waals surface area (Å²) in [7, 11) is -3.04. The highest BCUT2D eigenvalue weighted by Crippen LogP contribution is 2.36. The Kier molecular flexibility index (Phi) is 7.91. The van der Waals surface area contributed by atoms with Gasteiger partial charge in [0.15, 0.2) is 0 Å². The maximum Gasteiger partial charge on any atom is 0.257 e. The minimum atomic E-state index is -3.04. The third-order valence-electron chi connectivity index (χ3n) is 9.02. The van der Waals surface area contributed by atoms with E-state index in [0.717, 1.165) is 76.1 Å². The molecule has 1 atom stereocenters. The van der Waals surface area contributed by atoms with E-state index >= 15 is 0 Å². The number of carbonyl (C=O) groups is 1. The quantitative estimate of drug-likeness (QED) is 0.543. The second kappa shape index (κ2) is 10.7. The van der Waals surface area contributed by atoms with E-state index in [1.807, 2.05) is 18.7 Å². The van der Waals surface area contributed by atoms with Gasteiger partial charge in [-0.05, 0) is 65.2 Å². The largest absolute Gasteiger partial charge is 0.338 e. The first-order valence-electron chi connectivity index (χ1n) is 13.9. The highest BCUT2D eigenvalue weighted by molar-refractivity contribution is 7.90. The normalized spacial score (nSPS) is 26.9. The van der Waals surface area contributed by atoms with Crippen LogP contribution in [0.25, 0.3) is 0 Å². The molecule has 9 nitrogen and oxygen atoms in total. The zero-order valence-electron chi connectivity index (χ0n) is 22.5. The molecular formula is C26H42N6O3S2. The molecule has 0 radical (unpaired) electrons. The number of nitrogens with zero attached hydrogens (tertiary/aromatic N) is 6. The van der Waals surface area contributed by atoms with Crippen LogP contribution in [0.15, 0.2) is 6.33 Å². The number of piperidine rings is 2. The number of likely N-dealkylation sites (tertiary alicyclic amines) is 1. The van der Waals surface area contributed by atoms with Gasteiger partial charge in [0.05, 0.1) is 27.1 Å². The standard InChI is InChI=1S/C26H42N6O3S2/c1-19-16-31(15-14-30(19)17-22-6-10-32(11-7-22)37(34,35)23-4-5-23)26(36)8-12-29(13-9-26)25(33)24-20(2)27-18-28-21(24)3/h18-19,22-23,36H,4-17H2,1-3H3/t19-/m0/s1. The van der Waals surface area contributed by atoms with Gasteiger partial charge in [-0.25, -0.2) is 22.7 Å². The van der Waals surface area contributed by atoms with Crippen molar-refractivity contribution in [3.63, 3.8) is 0 Å². The van der Waals surface area contributed by atoms with E-state index in [4.69, 9.17) is 12.6 Å². The molecule has 206 valence electrons. The van der Waals surface area contributed by atoms with Crippen LogP contribution in [-0.4, -0.2) is 112 Å². The van der Waals surface area contributed by atoms with E-state index in [2.05, 4.69) is 26.7 Å². The molecule has 5 rings (SSSR count). The lowest BCUT2D eigenvalue weighted by atomic mass is 9.95. The SMILES string of the molecule is Cc1ncnc(C)c1C(=O)N1CCC(S)(N2CCN(CC3CCN(S(=O)(=O)C4CC4)CC3)[C@@H](C)C2)CC1. The number of thiol groups is 1. The topological polar surface area (TPSA) is 90.0 Å². The molecule has 0 bridgehead atoms. The van der Waals surface area contributed by atoms with Gasteiger partial charge in [0.2, 0.25) is 10.0 Å². The Balaban J connectivity index is 1.10. The first-order chi connectivity index (χ1) is 17.6. The fourth-order valence-electron chi connectivity index (χ4n) is 6.34. The van der Waals surface area contributed by atoms with Crippen molar-refractivity contribution in [2.75, 3.05) is 52.4 Å². The maximum absolute atomic E-state index is 13.2. The van der Waals surface area contributed by atoms with Gasteiger partial charge in [-0.2, -0.15) is 12.6 Å². The lowest BCUT2D eigenvalue weighted by Crippen LogP contribution is -2.61. The number of piperazine rings is 1. The predicted molar refractivity (Wildman–Crippen MR) is 147 cm³/mol. The molecule has 1 aromatic heterocycles. The minimum absolute atomic E-state index is 0.0279. The van der Waals surface area contributed by atoms with Crippen LogP contribution in [0, 0.1) is 19.8 Å². The monoisotopic (exact) mass is 550 g/mol. The number of rotatable bonds is 6. The molecule has 0 N–H and O–H groups in total. The molecule has 1 saturated carbocycles. The molecule has 0 spiro atoms. The Morgan fingerprint density at radius 1 is 1.00 bits per heavy atom. The number of sulfonamides is 1.